The number of carbonyl (C=O) groups excluding carboxylic acids is 1. The number of halogens is 2. The largest absolute Gasteiger partial charge is 0.467 e. The highest BCUT2D eigenvalue weighted by Crippen LogP contribution is 2.37. The lowest BCUT2D eigenvalue weighted by Gasteiger charge is -2.38. The standard InChI is InChI=1S/C33H40F2N6O4/c1-3-31(42)39-12-14-40(15-13-39)32-26-9-11-41(30-18-24(45-22-43-2)17-23-7-4-5-8-25(23)30)21-29(26)36-33(37-32)44-16-6-10-38-19-27(34)28(35)20-38/h3-5,7-8,17-18,27-28H,1,6,9-16,19-22H2,2H3/t27-,28+. The summed E-state index contributed by atoms with van der Waals surface area (Å²) in [5, 5.41) is 2.19. The smallest absolute Gasteiger partial charge is 0.318 e. The van der Waals surface area contributed by atoms with E-state index < -0.39 is 12.3 Å². The van der Waals surface area contributed by atoms with Gasteiger partial charge in [0.1, 0.15) is 23.9 Å². The van der Waals surface area contributed by atoms with E-state index in [1.54, 1.807) is 16.9 Å². The van der Waals surface area contributed by atoms with E-state index in [0.717, 1.165) is 52.3 Å². The van der Waals surface area contributed by atoms with Gasteiger partial charge >= 0.3 is 6.01 Å². The number of methoxy groups -OCH3 is 1. The molecule has 1 aromatic heterocycles. The van der Waals surface area contributed by atoms with Crippen LogP contribution in [0.15, 0.2) is 49.1 Å². The Kier molecular flexibility index (Phi) is 9.60. The van der Waals surface area contributed by atoms with Crippen molar-refractivity contribution in [2.75, 3.05) is 82.7 Å². The van der Waals surface area contributed by atoms with Gasteiger partial charge in [-0.15, -0.1) is 0 Å². The number of hydrogen-bond donors (Lipinski definition) is 0. The van der Waals surface area contributed by atoms with Crippen LogP contribution in [-0.2, 0) is 22.5 Å². The average Bonchev–Trinajstić information content (AvgIpc) is 3.40. The third kappa shape index (κ3) is 6.96. The minimum Gasteiger partial charge on any atom is -0.467 e. The van der Waals surface area contributed by atoms with E-state index >= 15 is 0 Å². The summed E-state index contributed by atoms with van der Waals surface area (Å²) < 4.78 is 44.3. The van der Waals surface area contributed by atoms with Crippen LogP contribution in [0.2, 0.25) is 0 Å². The Labute approximate surface area is 262 Å². The summed E-state index contributed by atoms with van der Waals surface area (Å²) in [4.78, 5) is 30.0. The predicted octanol–water partition coefficient (Wildman–Crippen LogP) is 3.77. The number of benzene rings is 2. The molecule has 0 aliphatic carbocycles. The van der Waals surface area contributed by atoms with Crippen molar-refractivity contribution in [3.8, 4) is 11.8 Å². The third-order valence-corrected chi connectivity index (χ3v) is 8.69. The van der Waals surface area contributed by atoms with Crippen molar-refractivity contribution in [2.24, 2.45) is 0 Å². The monoisotopic (exact) mass is 622 g/mol. The van der Waals surface area contributed by atoms with Crippen molar-refractivity contribution in [1.82, 2.24) is 19.8 Å². The van der Waals surface area contributed by atoms with Gasteiger partial charge in [0.15, 0.2) is 6.79 Å². The van der Waals surface area contributed by atoms with Gasteiger partial charge in [-0.05, 0) is 30.4 Å². The van der Waals surface area contributed by atoms with Gasteiger partial charge in [0.2, 0.25) is 5.91 Å². The maximum atomic E-state index is 13.6. The molecule has 2 saturated heterocycles. The van der Waals surface area contributed by atoms with E-state index in [0.29, 0.717) is 52.3 Å². The second kappa shape index (κ2) is 13.9. The van der Waals surface area contributed by atoms with Crippen LogP contribution in [0.1, 0.15) is 17.7 Å². The van der Waals surface area contributed by atoms with E-state index in [1.807, 2.05) is 24.3 Å². The number of ether oxygens (including phenoxy) is 3. The molecule has 2 aromatic carbocycles. The zero-order chi connectivity index (χ0) is 31.3. The molecule has 3 aliphatic rings. The summed E-state index contributed by atoms with van der Waals surface area (Å²) in [6.45, 7) is 8.62. The number of fused-ring (bicyclic) bond motifs is 2. The molecule has 2 fully saturated rings. The van der Waals surface area contributed by atoms with Crippen LogP contribution in [0.25, 0.3) is 10.8 Å². The third-order valence-electron chi connectivity index (χ3n) is 8.69. The molecule has 0 radical (unpaired) electrons. The van der Waals surface area contributed by atoms with E-state index in [2.05, 4.69) is 28.5 Å². The summed E-state index contributed by atoms with van der Waals surface area (Å²) in [6, 6.07) is 12.6. The van der Waals surface area contributed by atoms with Gasteiger partial charge < -0.3 is 28.9 Å². The van der Waals surface area contributed by atoms with Gasteiger partial charge in [0, 0.05) is 82.2 Å². The van der Waals surface area contributed by atoms with Gasteiger partial charge in [0.05, 0.1) is 18.8 Å². The summed E-state index contributed by atoms with van der Waals surface area (Å²) >= 11 is 0. The fourth-order valence-corrected chi connectivity index (χ4v) is 6.35. The van der Waals surface area contributed by atoms with Gasteiger partial charge in [-0.25, -0.2) is 8.78 Å². The van der Waals surface area contributed by atoms with Crippen LogP contribution >= 0.6 is 0 Å². The number of nitrogens with zero attached hydrogens (tertiary/aromatic N) is 6. The highest BCUT2D eigenvalue weighted by Gasteiger charge is 2.32. The maximum Gasteiger partial charge on any atom is 0.318 e. The molecule has 0 unspecified atom stereocenters. The molecule has 0 saturated carbocycles. The second-order valence-corrected chi connectivity index (χ2v) is 11.7. The Morgan fingerprint density at radius 1 is 1.02 bits per heavy atom. The topological polar surface area (TPSA) is 83.5 Å². The van der Waals surface area contributed by atoms with Crippen LogP contribution in [0, 0.1) is 0 Å². The molecule has 0 spiro atoms. The molecule has 1 amide bonds. The quantitative estimate of drug-likeness (QED) is 0.180. The first-order valence-corrected chi connectivity index (χ1v) is 15.5. The molecule has 12 heteroatoms. The Morgan fingerprint density at radius 3 is 2.56 bits per heavy atom. The SMILES string of the molecule is C=CC(=O)N1CCN(c2nc(OCCCN3C[C@@H](F)[C@@H](F)C3)nc3c2CCN(c2cc(OCOC)cc4ccccc24)C3)CC1. The van der Waals surface area contributed by atoms with Crippen molar-refractivity contribution < 1.29 is 27.8 Å². The molecule has 4 heterocycles. The summed E-state index contributed by atoms with van der Waals surface area (Å²) in [7, 11) is 1.60. The normalized spacial score (nSPS) is 20.4. The molecule has 10 nitrogen and oxygen atoms in total. The van der Waals surface area contributed by atoms with Crippen molar-refractivity contribution >= 4 is 28.2 Å². The Hall–Kier alpha value is -4.03. The molecule has 6 rings (SSSR count). The molecule has 0 bridgehead atoms. The van der Waals surface area contributed by atoms with E-state index in [-0.39, 0.29) is 31.8 Å². The van der Waals surface area contributed by atoms with Crippen molar-refractivity contribution in [3.63, 3.8) is 0 Å². The molecule has 3 aromatic rings. The first kappa shape index (κ1) is 31.0. The van der Waals surface area contributed by atoms with Crippen molar-refractivity contribution in [1.29, 1.82) is 0 Å². The van der Waals surface area contributed by atoms with Crippen LogP contribution in [-0.4, -0.2) is 111 Å². The summed E-state index contributed by atoms with van der Waals surface area (Å²) in [6.07, 6.45) is -0.160. The van der Waals surface area contributed by atoms with Crippen LogP contribution < -0.4 is 19.3 Å². The first-order chi connectivity index (χ1) is 21.9. The highest BCUT2D eigenvalue weighted by atomic mass is 19.2. The zero-order valence-corrected chi connectivity index (χ0v) is 25.7. The van der Waals surface area contributed by atoms with Gasteiger partial charge in [-0.2, -0.15) is 9.97 Å². The first-order valence-electron chi connectivity index (χ1n) is 15.5. The van der Waals surface area contributed by atoms with Crippen LogP contribution in [0.3, 0.4) is 0 Å². The molecule has 2 atom stereocenters. The summed E-state index contributed by atoms with van der Waals surface area (Å²) in [5.74, 6) is 1.49. The van der Waals surface area contributed by atoms with Crippen molar-refractivity contribution in [3.05, 3.63) is 60.3 Å². The van der Waals surface area contributed by atoms with Gasteiger partial charge in [0.25, 0.3) is 0 Å². The van der Waals surface area contributed by atoms with E-state index in [9.17, 15) is 13.6 Å². The van der Waals surface area contributed by atoms with Gasteiger partial charge in [-0.1, -0.05) is 30.8 Å². The lowest BCUT2D eigenvalue weighted by molar-refractivity contribution is -0.126. The average molecular weight is 623 g/mol. The number of anilines is 2. The Morgan fingerprint density at radius 2 is 1.80 bits per heavy atom. The Bertz CT molecular complexity index is 1510. The maximum absolute atomic E-state index is 13.6. The molecular formula is C33H40F2N6O4. The number of hydrogen-bond acceptors (Lipinski definition) is 9. The number of piperazine rings is 1. The fourth-order valence-electron chi connectivity index (χ4n) is 6.35. The molecular weight excluding hydrogens is 582 g/mol. The van der Waals surface area contributed by atoms with Crippen molar-refractivity contribution in [2.45, 2.75) is 31.7 Å². The molecule has 45 heavy (non-hydrogen) atoms. The fraction of sp³-hybridized carbons (Fsp3) is 0.485. The highest BCUT2D eigenvalue weighted by molar-refractivity contribution is 5.96. The number of carbonyl (C=O) groups is 1. The number of rotatable bonds is 11. The molecule has 240 valence electrons. The Balaban J connectivity index is 1.24. The molecule has 3 aliphatic heterocycles. The summed E-state index contributed by atoms with van der Waals surface area (Å²) in [5.41, 5.74) is 3.02. The number of alkyl halides is 2. The predicted molar refractivity (Wildman–Crippen MR) is 169 cm³/mol. The lowest BCUT2D eigenvalue weighted by Crippen LogP contribution is -2.49. The lowest BCUT2D eigenvalue weighted by atomic mass is 10.0. The number of likely N-dealkylation sites (tertiary alicyclic amines) is 1. The van der Waals surface area contributed by atoms with E-state index in [1.165, 1.54) is 6.08 Å². The van der Waals surface area contributed by atoms with E-state index in [4.69, 9.17) is 24.2 Å². The van der Waals surface area contributed by atoms with Gasteiger partial charge in [-0.3, -0.25) is 9.69 Å². The second-order valence-electron chi connectivity index (χ2n) is 11.7. The minimum atomic E-state index is -1.42. The van der Waals surface area contributed by atoms with Crippen LogP contribution in [0.4, 0.5) is 20.3 Å². The van der Waals surface area contributed by atoms with Crippen LogP contribution in [0.5, 0.6) is 11.8 Å². The number of aromatic nitrogens is 2. The number of amides is 1. The molecule has 0 N–H and O–H groups in total. The minimum absolute atomic E-state index is 0.0702. The zero-order valence-electron chi connectivity index (χ0n) is 25.7.